The Balaban J connectivity index is 1.48. The van der Waals surface area contributed by atoms with Crippen molar-refractivity contribution in [3.05, 3.63) is 76.1 Å². The number of fused-ring (bicyclic) bond motifs is 1. The summed E-state index contributed by atoms with van der Waals surface area (Å²) in [4.78, 5) is 17.4. The molecule has 7 nitrogen and oxygen atoms in total. The number of morpholine rings is 1. The highest BCUT2D eigenvalue weighted by Gasteiger charge is 2.17. The first-order chi connectivity index (χ1) is 14.1. The van der Waals surface area contributed by atoms with Gasteiger partial charge in [-0.15, -0.1) is 0 Å². The fourth-order valence-corrected chi connectivity index (χ4v) is 3.82. The van der Waals surface area contributed by atoms with Crippen LogP contribution in [0, 0.1) is 10.1 Å². The molecule has 0 amide bonds. The van der Waals surface area contributed by atoms with E-state index in [9.17, 15) is 10.1 Å². The smallest absolute Gasteiger partial charge is 0.278 e. The number of non-ortho nitro benzene ring substituents is 1. The molecule has 150 valence electrons. The molecule has 0 aliphatic carbocycles. The molecule has 0 saturated carbocycles. The van der Waals surface area contributed by atoms with Crippen LogP contribution in [0.2, 0.25) is 0 Å². The SMILES string of the molecule is CC1CN(Cc2cccc(CNc3ccc([N+](=O)[O-])c4cnccc34)c2)CCO1. The van der Waals surface area contributed by atoms with E-state index in [0.29, 0.717) is 11.9 Å². The zero-order chi connectivity index (χ0) is 20.2. The maximum Gasteiger partial charge on any atom is 0.278 e. The summed E-state index contributed by atoms with van der Waals surface area (Å²) in [5, 5.41) is 16.0. The number of rotatable bonds is 6. The quantitative estimate of drug-likeness (QED) is 0.505. The van der Waals surface area contributed by atoms with E-state index in [1.807, 2.05) is 0 Å². The third-order valence-corrected chi connectivity index (χ3v) is 5.20. The van der Waals surface area contributed by atoms with E-state index in [1.165, 1.54) is 17.2 Å². The number of benzene rings is 2. The lowest BCUT2D eigenvalue weighted by Crippen LogP contribution is -2.40. The summed E-state index contributed by atoms with van der Waals surface area (Å²) >= 11 is 0. The summed E-state index contributed by atoms with van der Waals surface area (Å²) in [6.07, 6.45) is 3.47. The number of hydrogen-bond acceptors (Lipinski definition) is 6. The predicted octanol–water partition coefficient (Wildman–Crippen LogP) is 3.98. The molecule has 1 aliphatic heterocycles. The van der Waals surface area contributed by atoms with Gasteiger partial charge in [-0.05, 0) is 30.2 Å². The maximum atomic E-state index is 11.3. The lowest BCUT2D eigenvalue weighted by atomic mass is 10.1. The van der Waals surface area contributed by atoms with Crippen LogP contribution in [-0.4, -0.2) is 40.6 Å². The molecule has 0 spiro atoms. The first-order valence-electron chi connectivity index (χ1n) is 9.77. The van der Waals surface area contributed by atoms with Gasteiger partial charge >= 0.3 is 0 Å². The minimum atomic E-state index is -0.371. The van der Waals surface area contributed by atoms with E-state index in [1.54, 1.807) is 24.5 Å². The van der Waals surface area contributed by atoms with Gasteiger partial charge in [0, 0.05) is 55.7 Å². The Morgan fingerprint density at radius 1 is 1.24 bits per heavy atom. The Hall–Kier alpha value is -3.03. The van der Waals surface area contributed by atoms with Crippen molar-refractivity contribution in [2.45, 2.75) is 26.1 Å². The number of anilines is 1. The Morgan fingerprint density at radius 3 is 2.93 bits per heavy atom. The summed E-state index contributed by atoms with van der Waals surface area (Å²) < 4.78 is 5.62. The van der Waals surface area contributed by atoms with Crippen LogP contribution in [0.4, 0.5) is 11.4 Å². The highest BCUT2D eigenvalue weighted by molar-refractivity contribution is 5.99. The molecule has 1 unspecified atom stereocenters. The molecule has 1 aromatic heterocycles. The van der Waals surface area contributed by atoms with Gasteiger partial charge in [0.05, 0.1) is 23.0 Å². The van der Waals surface area contributed by atoms with E-state index in [4.69, 9.17) is 4.74 Å². The van der Waals surface area contributed by atoms with Crippen molar-refractivity contribution in [1.29, 1.82) is 0 Å². The van der Waals surface area contributed by atoms with Gasteiger partial charge in [0.25, 0.3) is 5.69 Å². The van der Waals surface area contributed by atoms with Crippen LogP contribution in [0.3, 0.4) is 0 Å². The van der Waals surface area contributed by atoms with Gasteiger partial charge in [0.1, 0.15) is 0 Å². The molecule has 0 radical (unpaired) electrons. The fraction of sp³-hybridized carbons (Fsp3) is 0.318. The van der Waals surface area contributed by atoms with Crippen molar-refractivity contribution in [1.82, 2.24) is 9.88 Å². The maximum absolute atomic E-state index is 11.3. The third-order valence-electron chi connectivity index (χ3n) is 5.20. The summed E-state index contributed by atoms with van der Waals surface area (Å²) in [7, 11) is 0. The molecule has 3 aromatic rings. The number of ether oxygens (including phenoxy) is 1. The fourth-order valence-electron chi connectivity index (χ4n) is 3.82. The van der Waals surface area contributed by atoms with Crippen LogP contribution >= 0.6 is 0 Å². The molecule has 7 heteroatoms. The van der Waals surface area contributed by atoms with Crippen LogP contribution in [0.25, 0.3) is 10.8 Å². The Morgan fingerprint density at radius 2 is 2.10 bits per heavy atom. The van der Waals surface area contributed by atoms with Gasteiger partial charge in [-0.25, -0.2) is 0 Å². The second kappa shape index (κ2) is 8.55. The first-order valence-corrected chi connectivity index (χ1v) is 9.77. The second-order valence-electron chi connectivity index (χ2n) is 7.40. The van der Waals surface area contributed by atoms with Crippen LogP contribution in [0.15, 0.2) is 54.9 Å². The first kappa shape index (κ1) is 19.3. The monoisotopic (exact) mass is 392 g/mol. The Kier molecular flexibility index (Phi) is 5.69. The van der Waals surface area contributed by atoms with Gasteiger partial charge < -0.3 is 10.1 Å². The molecule has 0 bridgehead atoms. The number of hydrogen-bond donors (Lipinski definition) is 1. The Labute approximate surface area is 169 Å². The predicted molar refractivity (Wildman–Crippen MR) is 113 cm³/mol. The van der Waals surface area contributed by atoms with E-state index in [-0.39, 0.29) is 16.7 Å². The van der Waals surface area contributed by atoms with Crippen LogP contribution in [0.1, 0.15) is 18.1 Å². The van der Waals surface area contributed by atoms with Gasteiger partial charge in [-0.1, -0.05) is 24.3 Å². The average molecular weight is 392 g/mol. The number of nitro groups is 1. The molecule has 2 heterocycles. The largest absolute Gasteiger partial charge is 0.380 e. The third kappa shape index (κ3) is 4.52. The second-order valence-corrected chi connectivity index (χ2v) is 7.40. The normalized spacial score (nSPS) is 17.3. The topological polar surface area (TPSA) is 80.5 Å². The summed E-state index contributed by atoms with van der Waals surface area (Å²) in [6, 6.07) is 13.6. The molecular weight excluding hydrogens is 368 g/mol. The standard InChI is InChI=1S/C22H24N4O3/c1-16-14-25(9-10-29-16)15-18-4-2-3-17(11-18)12-24-21-5-6-22(26(27)28)20-13-23-8-7-19(20)21/h2-8,11,13,16,24H,9-10,12,14-15H2,1H3. The van der Waals surface area contributed by atoms with Crippen molar-refractivity contribution in [2.75, 3.05) is 25.0 Å². The zero-order valence-electron chi connectivity index (χ0n) is 16.4. The molecule has 1 atom stereocenters. The number of nitro benzene ring substituents is 1. The summed E-state index contributed by atoms with van der Waals surface area (Å²) in [5.41, 5.74) is 3.38. The lowest BCUT2D eigenvalue weighted by Gasteiger charge is -2.31. The minimum absolute atomic E-state index is 0.0698. The zero-order valence-corrected chi connectivity index (χ0v) is 16.4. The van der Waals surface area contributed by atoms with E-state index in [2.05, 4.69) is 46.4 Å². The van der Waals surface area contributed by atoms with Crippen molar-refractivity contribution in [2.24, 2.45) is 0 Å². The molecule has 1 aliphatic rings. The van der Waals surface area contributed by atoms with Gasteiger partial charge in [0.15, 0.2) is 0 Å². The summed E-state index contributed by atoms with van der Waals surface area (Å²) in [5.74, 6) is 0. The van der Waals surface area contributed by atoms with Crippen LogP contribution in [-0.2, 0) is 17.8 Å². The molecular formula is C22H24N4O3. The average Bonchev–Trinajstić information content (AvgIpc) is 2.72. The molecule has 1 N–H and O–H groups in total. The van der Waals surface area contributed by atoms with E-state index >= 15 is 0 Å². The number of pyridine rings is 1. The van der Waals surface area contributed by atoms with Gasteiger partial charge in [0.2, 0.25) is 0 Å². The van der Waals surface area contributed by atoms with E-state index < -0.39 is 0 Å². The summed E-state index contributed by atoms with van der Waals surface area (Å²) in [6.45, 7) is 6.35. The minimum Gasteiger partial charge on any atom is -0.380 e. The number of nitrogens with one attached hydrogen (secondary N) is 1. The van der Waals surface area contributed by atoms with E-state index in [0.717, 1.165) is 37.3 Å². The van der Waals surface area contributed by atoms with Crippen molar-refractivity contribution in [3.8, 4) is 0 Å². The molecule has 1 saturated heterocycles. The van der Waals surface area contributed by atoms with Crippen LogP contribution in [0.5, 0.6) is 0 Å². The highest BCUT2D eigenvalue weighted by Crippen LogP contribution is 2.31. The number of nitrogens with zero attached hydrogens (tertiary/aromatic N) is 3. The van der Waals surface area contributed by atoms with Crippen molar-refractivity contribution < 1.29 is 9.66 Å². The lowest BCUT2D eigenvalue weighted by molar-refractivity contribution is -0.383. The molecule has 4 rings (SSSR count). The van der Waals surface area contributed by atoms with Gasteiger partial charge in [-0.2, -0.15) is 0 Å². The van der Waals surface area contributed by atoms with Crippen molar-refractivity contribution >= 4 is 22.1 Å². The van der Waals surface area contributed by atoms with Crippen LogP contribution < -0.4 is 5.32 Å². The van der Waals surface area contributed by atoms with Crippen molar-refractivity contribution in [3.63, 3.8) is 0 Å². The highest BCUT2D eigenvalue weighted by atomic mass is 16.6. The van der Waals surface area contributed by atoms with Gasteiger partial charge in [-0.3, -0.25) is 20.0 Å². The molecule has 29 heavy (non-hydrogen) atoms. The number of aromatic nitrogens is 1. The Bertz CT molecular complexity index is 1020. The molecule has 2 aromatic carbocycles. The molecule has 1 fully saturated rings.